The van der Waals surface area contributed by atoms with Crippen molar-refractivity contribution in [1.82, 2.24) is 20.4 Å². The summed E-state index contributed by atoms with van der Waals surface area (Å²) in [5.74, 6) is 0.629. The van der Waals surface area contributed by atoms with E-state index in [0.29, 0.717) is 19.0 Å². The van der Waals surface area contributed by atoms with Crippen molar-refractivity contribution in [3.63, 3.8) is 0 Å². The molecule has 1 N–H and O–H groups in total. The average molecular weight is 344 g/mol. The van der Waals surface area contributed by atoms with Gasteiger partial charge in [0.05, 0.1) is 6.54 Å². The number of rotatable bonds is 6. The molecule has 128 valence electrons. The molecule has 1 saturated heterocycles. The van der Waals surface area contributed by atoms with Crippen molar-refractivity contribution in [1.29, 1.82) is 0 Å². The molecule has 2 aromatic rings. The number of hydrogen-bond acceptors (Lipinski definition) is 5. The standard InChI is InChI=1S/C18H24N4OS/c1-14-20-21-18(24-14)16-8-11-22(12-9-16)13-17(23)19-10-7-15-5-3-2-4-6-15/h2-6,16H,7-13H2,1H3,(H,19,23). The Balaban J connectivity index is 1.35. The first-order valence-electron chi connectivity index (χ1n) is 8.53. The zero-order valence-electron chi connectivity index (χ0n) is 14.1. The van der Waals surface area contributed by atoms with Gasteiger partial charge in [-0.25, -0.2) is 0 Å². The topological polar surface area (TPSA) is 58.1 Å². The van der Waals surface area contributed by atoms with Crippen molar-refractivity contribution in [2.75, 3.05) is 26.2 Å². The first-order chi connectivity index (χ1) is 11.7. The Kier molecular flexibility index (Phi) is 5.93. The SMILES string of the molecule is Cc1nnc(C2CCN(CC(=O)NCCc3ccccc3)CC2)s1. The normalized spacial score (nSPS) is 16.2. The minimum atomic E-state index is 0.121. The van der Waals surface area contributed by atoms with Crippen LogP contribution in [0.25, 0.3) is 0 Å². The molecule has 0 atom stereocenters. The number of carbonyl (C=O) groups is 1. The highest BCUT2D eigenvalue weighted by atomic mass is 32.1. The number of carbonyl (C=O) groups excluding carboxylic acids is 1. The highest BCUT2D eigenvalue weighted by molar-refractivity contribution is 7.11. The van der Waals surface area contributed by atoms with Gasteiger partial charge in [0.1, 0.15) is 10.0 Å². The molecule has 1 fully saturated rings. The third kappa shape index (κ3) is 4.85. The predicted octanol–water partition coefficient (Wildman–Crippen LogP) is 2.38. The molecule has 3 rings (SSSR count). The quantitative estimate of drug-likeness (QED) is 0.874. The van der Waals surface area contributed by atoms with Crippen molar-refractivity contribution in [3.05, 3.63) is 45.9 Å². The molecule has 0 aliphatic carbocycles. The molecule has 6 heteroatoms. The predicted molar refractivity (Wildman–Crippen MR) is 96.2 cm³/mol. The molecule has 24 heavy (non-hydrogen) atoms. The summed E-state index contributed by atoms with van der Waals surface area (Å²) in [7, 11) is 0. The van der Waals surface area contributed by atoms with E-state index in [1.54, 1.807) is 11.3 Å². The number of amides is 1. The van der Waals surface area contributed by atoms with Crippen LogP contribution in [0.4, 0.5) is 0 Å². The molecule has 0 saturated carbocycles. The van der Waals surface area contributed by atoms with E-state index in [1.807, 2.05) is 25.1 Å². The number of hydrogen-bond donors (Lipinski definition) is 1. The van der Waals surface area contributed by atoms with Gasteiger partial charge in [-0.15, -0.1) is 21.5 Å². The van der Waals surface area contributed by atoms with E-state index in [0.717, 1.165) is 42.4 Å². The van der Waals surface area contributed by atoms with Gasteiger partial charge in [0.2, 0.25) is 5.91 Å². The van der Waals surface area contributed by atoms with Crippen LogP contribution < -0.4 is 5.32 Å². The Morgan fingerprint density at radius 2 is 2.00 bits per heavy atom. The maximum absolute atomic E-state index is 12.1. The van der Waals surface area contributed by atoms with Crippen molar-refractivity contribution >= 4 is 17.2 Å². The lowest BCUT2D eigenvalue weighted by Crippen LogP contribution is -2.41. The van der Waals surface area contributed by atoms with Gasteiger partial charge in [0.15, 0.2) is 0 Å². The highest BCUT2D eigenvalue weighted by Gasteiger charge is 2.24. The number of aromatic nitrogens is 2. The lowest BCUT2D eigenvalue weighted by atomic mass is 9.98. The Morgan fingerprint density at radius 3 is 2.67 bits per heavy atom. The van der Waals surface area contributed by atoms with Crippen LogP contribution >= 0.6 is 11.3 Å². The van der Waals surface area contributed by atoms with Crippen molar-refractivity contribution < 1.29 is 4.79 Å². The van der Waals surface area contributed by atoms with Gasteiger partial charge in [-0.05, 0) is 44.8 Å². The van der Waals surface area contributed by atoms with Crippen LogP contribution in [0.1, 0.15) is 34.3 Å². The fourth-order valence-corrected chi connectivity index (χ4v) is 3.93. The first kappa shape index (κ1) is 17.0. The Hall–Kier alpha value is -1.79. The molecular formula is C18H24N4OS. The number of aryl methyl sites for hydroxylation is 1. The van der Waals surface area contributed by atoms with Gasteiger partial charge >= 0.3 is 0 Å². The molecule has 1 aromatic heterocycles. The van der Waals surface area contributed by atoms with Crippen LogP contribution in [0, 0.1) is 6.92 Å². The zero-order chi connectivity index (χ0) is 16.8. The number of benzene rings is 1. The number of nitrogens with one attached hydrogen (secondary N) is 1. The summed E-state index contributed by atoms with van der Waals surface area (Å²) in [4.78, 5) is 14.3. The summed E-state index contributed by atoms with van der Waals surface area (Å²) in [6, 6.07) is 10.2. The minimum Gasteiger partial charge on any atom is -0.355 e. The maximum Gasteiger partial charge on any atom is 0.234 e. The van der Waals surface area contributed by atoms with Crippen LogP contribution in [0.5, 0.6) is 0 Å². The molecule has 0 bridgehead atoms. The molecule has 0 unspecified atom stereocenters. The van der Waals surface area contributed by atoms with Crippen LogP contribution in [-0.4, -0.2) is 47.2 Å². The summed E-state index contributed by atoms with van der Waals surface area (Å²) < 4.78 is 0. The summed E-state index contributed by atoms with van der Waals surface area (Å²) in [6.45, 7) is 5.10. The van der Waals surface area contributed by atoms with E-state index in [2.05, 4.69) is 32.5 Å². The second kappa shape index (κ2) is 8.35. The second-order valence-electron chi connectivity index (χ2n) is 6.30. The molecule has 1 aliphatic heterocycles. The fourth-order valence-electron chi connectivity index (χ4n) is 3.06. The van der Waals surface area contributed by atoms with Crippen LogP contribution in [0.2, 0.25) is 0 Å². The van der Waals surface area contributed by atoms with Gasteiger partial charge in [-0.1, -0.05) is 30.3 Å². The number of likely N-dealkylation sites (tertiary alicyclic amines) is 1. The summed E-state index contributed by atoms with van der Waals surface area (Å²) in [5, 5.41) is 13.6. The average Bonchev–Trinajstić information content (AvgIpc) is 3.03. The molecule has 5 nitrogen and oxygen atoms in total. The van der Waals surface area contributed by atoms with Gasteiger partial charge in [-0.3, -0.25) is 9.69 Å². The molecule has 1 amide bonds. The molecule has 0 radical (unpaired) electrons. The largest absolute Gasteiger partial charge is 0.355 e. The van der Waals surface area contributed by atoms with E-state index in [-0.39, 0.29) is 5.91 Å². The van der Waals surface area contributed by atoms with Crippen molar-refractivity contribution in [3.8, 4) is 0 Å². The molecule has 1 aliphatic rings. The molecule has 0 spiro atoms. The van der Waals surface area contributed by atoms with E-state index in [1.165, 1.54) is 5.56 Å². The number of piperidine rings is 1. The van der Waals surface area contributed by atoms with E-state index < -0.39 is 0 Å². The Morgan fingerprint density at radius 1 is 1.25 bits per heavy atom. The molecule has 1 aromatic carbocycles. The zero-order valence-corrected chi connectivity index (χ0v) is 14.9. The summed E-state index contributed by atoms with van der Waals surface area (Å²) in [5.41, 5.74) is 1.26. The fraction of sp³-hybridized carbons (Fsp3) is 0.500. The lowest BCUT2D eigenvalue weighted by Gasteiger charge is -2.30. The minimum absolute atomic E-state index is 0.121. The molecular weight excluding hydrogens is 320 g/mol. The van der Waals surface area contributed by atoms with Crippen LogP contribution in [0.15, 0.2) is 30.3 Å². The van der Waals surface area contributed by atoms with E-state index >= 15 is 0 Å². The summed E-state index contributed by atoms with van der Waals surface area (Å²) in [6.07, 6.45) is 3.00. The van der Waals surface area contributed by atoms with E-state index in [9.17, 15) is 4.79 Å². The Labute approximate surface area is 147 Å². The monoisotopic (exact) mass is 344 g/mol. The van der Waals surface area contributed by atoms with Gasteiger partial charge in [0, 0.05) is 12.5 Å². The first-order valence-corrected chi connectivity index (χ1v) is 9.35. The third-order valence-electron chi connectivity index (χ3n) is 4.42. The highest BCUT2D eigenvalue weighted by Crippen LogP contribution is 2.29. The van der Waals surface area contributed by atoms with Crippen LogP contribution in [-0.2, 0) is 11.2 Å². The van der Waals surface area contributed by atoms with Crippen molar-refractivity contribution in [2.45, 2.75) is 32.1 Å². The summed E-state index contributed by atoms with van der Waals surface area (Å²) >= 11 is 1.70. The number of nitrogens with zero attached hydrogens (tertiary/aromatic N) is 3. The van der Waals surface area contributed by atoms with Gasteiger partial charge in [0.25, 0.3) is 0 Å². The smallest absolute Gasteiger partial charge is 0.234 e. The van der Waals surface area contributed by atoms with E-state index in [4.69, 9.17) is 0 Å². The Bertz CT molecular complexity index is 650. The van der Waals surface area contributed by atoms with Gasteiger partial charge in [-0.2, -0.15) is 0 Å². The third-order valence-corrected chi connectivity index (χ3v) is 5.43. The van der Waals surface area contributed by atoms with Gasteiger partial charge < -0.3 is 5.32 Å². The van der Waals surface area contributed by atoms with Crippen LogP contribution in [0.3, 0.4) is 0 Å². The molecule has 2 heterocycles. The second-order valence-corrected chi connectivity index (χ2v) is 7.51. The van der Waals surface area contributed by atoms with Crippen molar-refractivity contribution in [2.24, 2.45) is 0 Å². The maximum atomic E-state index is 12.1. The lowest BCUT2D eigenvalue weighted by molar-refractivity contribution is -0.122.